The molecule has 6 heteroatoms. The minimum absolute atomic E-state index is 0.0710. The number of aromatic nitrogens is 2. The number of rotatable bonds is 3. The van der Waals surface area contributed by atoms with Gasteiger partial charge in [-0.2, -0.15) is 10.5 Å². The maximum atomic E-state index is 11.5. The molecule has 18 heavy (non-hydrogen) atoms. The van der Waals surface area contributed by atoms with Crippen LogP contribution in [-0.2, 0) is 16.1 Å². The third kappa shape index (κ3) is 3.60. The van der Waals surface area contributed by atoms with E-state index in [2.05, 4.69) is 4.98 Å². The first kappa shape index (κ1) is 13.7. The van der Waals surface area contributed by atoms with Crippen LogP contribution < -0.4 is 0 Å². The van der Waals surface area contributed by atoms with Crippen molar-refractivity contribution in [2.45, 2.75) is 39.3 Å². The molecule has 0 aliphatic heterocycles. The number of nitrogens with zero attached hydrogens (tertiary/aromatic N) is 4. The minimum Gasteiger partial charge on any atom is -0.460 e. The Kier molecular flexibility index (Phi) is 4.06. The molecule has 0 N–H and O–H groups in total. The Balaban J connectivity index is 2.66. The van der Waals surface area contributed by atoms with Crippen molar-refractivity contribution in [3.05, 3.63) is 17.7 Å². The van der Waals surface area contributed by atoms with Gasteiger partial charge in [0.25, 0.3) is 0 Å². The molecule has 0 radical (unpaired) electrons. The van der Waals surface area contributed by atoms with Gasteiger partial charge in [0, 0.05) is 6.54 Å². The molecule has 0 atom stereocenters. The first-order valence-electron chi connectivity index (χ1n) is 5.44. The van der Waals surface area contributed by atoms with Crippen molar-refractivity contribution in [2.75, 3.05) is 0 Å². The summed E-state index contributed by atoms with van der Waals surface area (Å²) in [5.74, 6) is -0.349. The number of hydrogen-bond acceptors (Lipinski definition) is 5. The second-order valence-corrected chi connectivity index (χ2v) is 4.70. The molecule has 0 saturated heterocycles. The summed E-state index contributed by atoms with van der Waals surface area (Å²) in [6.07, 6.45) is 1.51. The molecule has 0 unspecified atom stereocenters. The molecule has 0 aromatic carbocycles. The summed E-state index contributed by atoms with van der Waals surface area (Å²) in [4.78, 5) is 15.3. The molecule has 1 rings (SSSR count). The second-order valence-electron chi connectivity index (χ2n) is 4.70. The predicted molar refractivity (Wildman–Crippen MR) is 62.1 cm³/mol. The first-order chi connectivity index (χ1) is 8.37. The number of aryl methyl sites for hydroxylation is 1. The summed E-state index contributed by atoms with van der Waals surface area (Å²) in [6, 6.07) is 3.72. The molecule has 1 aromatic rings. The van der Waals surface area contributed by atoms with E-state index in [1.54, 1.807) is 20.8 Å². The van der Waals surface area contributed by atoms with Gasteiger partial charge in [0.1, 0.15) is 17.7 Å². The van der Waals surface area contributed by atoms with Gasteiger partial charge >= 0.3 is 5.97 Å². The lowest BCUT2D eigenvalue weighted by Gasteiger charge is -2.19. The van der Waals surface area contributed by atoms with Gasteiger partial charge in [-0.25, -0.2) is 4.98 Å². The van der Waals surface area contributed by atoms with Crippen LogP contribution in [0, 0.1) is 22.7 Å². The maximum absolute atomic E-state index is 11.5. The van der Waals surface area contributed by atoms with Crippen LogP contribution in [0.4, 0.5) is 0 Å². The van der Waals surface area contributed by atoms with Crippen LogP contribution in [0.2, 0.25) is 0 Å². The van der Waals surface area contributed by atoms with Crippen LogP contribution in [0.3, 0.4) is 0 Å². The van der Waals surface area contributed by atoms with Gasteiger partial charge in [0.15, 0.2) is 11.4 Å². The fourth-order valence-electron chi connectivity index (χ4n) is 1.36. The number of carbonyl (C=O) groups is 1. The molecule has 0 aliphatic rings. The van der Waals surface area contributed by atoms with Crippen LogP contribution in [0.5, 0.6) is 0 Å². The number of imidazole rings is 1. The second kappa shape index (κ2) is 5.33. The van der Waals surface area contributed by atoms with Gasteiger partial charge in [-0.05, 0) is 20.8 Å². The Labute approximate surface area is 105 Å². The fourth-order valence-corrected chi connectivity index (χ4v) is 1.36. The van der Waals surface area contributed by atoms with Crippen molar-refractivity contribution in [1.82, 2.24) is 9.55 Å². The van der Waals surface area contributed by atoms with E-state index >= 15 is 0 Å². The lowest BCUT2D eigenvalue weighted by molar-refractivity contribution is -0.155. The number of carbonyl (C=O) groups excluding carboxylic acids is 1. The molecule has 0 bridgehead atoms. The molecule has 1 aromatic heterocycles. The first-order valence-corrected chi connectivity index (χ1v) is 5.44. The van der Waals surface area contributed by atoms with E-state index in [9.17, 15) is 4.79 Å². The fraction of sp³-hybridized carbons (Fsp3) is 0.500. The molecule has 0 spiro atoms. The van der Waals surface area contributed by atoms with Crippen LogP contribution in [0.25, 0.3) is 0 Å². The standard InChI is InChI=1S/C12H14N4O2/c1-12(2,3)18-11(17)4-5-16-8-15-9(6-13)10(16)7-14/h8H,4-5H2,1-3H3. The SMILES string of the molecule is CC(C)(C)OC(=O)CCn1cnc(C#N)c1C#N. The Hall–Kier alpha value is -2.34. The molecule has 0 fully saturated rings. The zero-order chi connectivity index (χ0) is 13.8. The van der Waals surface area contributed by atoms with Gasteiger partial charge < -0.3 is 9.30 Å². The number of esters is 1. The quantitative estimate of drug-likeness (QED) is 0.751. The molecule has 1 heterocycles. The lowest BCUT2D eigenvalue weighted by atomic mass is 10.2. The normalized spacial score (nSPS) is 10.5. The highest BCUT2D eigenvalue weighted by Gasteiger charge is 2.17. The van der Waals surface area contributed by atoms with Crippen molar-refractivity contribution >= 4 is 5.97 Å². The predicted octanol–water partition coefficient (Wildman–Crippen LogP) is 1.36. The van der Waals surface area contributed by atoms with E-state index in [1.165, 1.54) is 10.9 Å². The van der Waals surface area contributed by atoms with Crippen LogP contribution in [0.15, 0.2) is 6.33 Å². The zero-order valence-electron chi connectivity index (χ0n) is 10.6. The summed E-state index contributed by atoms with van der Waals surface area (Å²) in [6.45, 7) is 5.64. The summed E-state index contributed by atoms with van der Waals surface area (Å²) in [7, 11) is 0. The molecule has 6 nitrogen and oxygen atoms in total. The van der Waals surface area contributed by atoms with E-state index in [-0.39, 0.29) is 30.3 Å². The van der Waals surface area contributed by atoms with Crippen LogP contribution in [-0.4, -0.2) is 21.1 Å². The lowest BCUT2D eigenvalue weighted by Crippen LogP contribution is -2.24. The summed E-state index contributed by atoms with van der Waals surface area (Å²) < 4.78 is 6.62. The monoisotopic (exact) mass is 246 g/mol. The average Bonchev–Trinajstić information content (AvgIpc) is 2.65. The highest BCUT2D eigenvalue weighted by atomic mass is 16.6. The van der Waals surface area contributed by atoms with E-state index in [0.717, 1.165) is 0 Å². The topological polar surface area (TPSA) is 91.7 Å². The van der Waals surface area contributed by atoms with E-state index < -0.39 is 5.60 Å². The van der Waals surface area contributed by atoms with E-state index in [1.807, 2.05) is 12.1 Å². The highest BCUT2D eigenvalue weighted by Crippen LogP contribution is 2.10. The van der Waals surface area contributed by atoms with Crippen LogP contribution in [0.1, 0.15) is 38.6 Å². The van der Waals surface area contributed by atoms with Gasteiger partial charge in [-0.1, -0.05) is 0 Å². The number of nitriles is 2. The van der Waals surface area contributed by atoms with Gasteiger partial charge in [0.2, 0.25) is 0 Å². The van der Waals surface area contributed by atoms with Crippen LogP contribution >= 0.6 is 0 Å². The molecule has 94 valence electrons. The van der Waals surface area contributed by atoms with E-state index in [0.29, 0.717) is 0 Å². The average molecular weight is 246 g/mol. The molecular formula is C12H14N4O2. The Morgan fingerprint density at radius 3 is 2.61 bits per heavy atom. The summed E-state index contributed by atoms with van der Waals surface area (Å²) >= 11 is 0. The minimum atomic E-state index is -0.526. The third-order valence-electron chi connectivity index (χ3n) is 2.03. The van der Waals surface area contributed by atoms with Crippen molar-refractivity contribution < 1.29 is 9.53 Å². The van der Waals surface area contributed by atoms with Crippen molar-refractivity contribution in [2.24, 2.45) is 0 Å². The highest BCUT2D eigenvalue weighted by molar-refractivity contribution is 5.69. The smallest absolute Gasteiger partial charge is 0.308 e. The summed E-state index contributed by atoms with van der Waals surface area (Å²) in [5, 5.41) is 17.6. The maximum Gasteiger partial charge on any atom is 0.308 e. The van der Waals surface area contributed by atoms with Gasteiger partial charge in [-0.15, -0.1) is 0 Å². The third-order valence-corrected chi connectivity index (χ3v) is 2.03. The van der Waals surface area contributed by atoms with Gasteiger partial charge in [0.05, 0.1) is 12.7 Å². The molecular weight excluding hydrogens is 232 g/mol. The van der Waals surface area contributed by atoms with Crippen molar-refractivity contribution in [1.29, 1.82) is 10.5 Å². The molecule has 0 amide bonds. The van der Waals surface area contributed by atoms with E-state index in [4.69, 9.17) is 15.3 Å². The Bertz CT molecular complexity index is 526. The summed E-state index contributed by atoms with van der Waals surface area (Å²) in [5.41, 5.74) is -0.287. The molecule has 0 aliphatic carbocycles. The number of ether oxygens (including phenoxy) is 1. The van der Waals surface area contributed by atoms with Crippen molar-refractivity contribution in [3.63, 3.8) is 0 Å². The molecule has 0 saturated carbocycles. The van der Waals surface area contributed by atoms with Gasteiger partial charge in [-0.3, -0.25) is 4.79 Å². The Morgan fingerprint density at radius 1 is 1.44 bits per heavy atom. The van der Waals surface area contributed by atoms with Crippen molar-refractivity contribution in [3.8, 4) is 12.1 Å². The Morgan fingerprint density at radius 2 is 2.11 bits per heavy atom. The zero-order valence-corrected chi connectivity index (χ0v) is 10.6. The largest absolute Gasteiger partial charge is 0.460 e. The number of hydrogen-bond donors (Lipinski definition) is 0.